The molecule has 0 aliphatic carbocycles. The first-order valence-corrected chi connectivity index (χ1v) is 5.22. The van der Waals surface area contributed by atoms with Gasteiger partial charge in [0, 0.05) is 17.7 Å². The number of hydrogen-bond donors (Lipinski definition) is 1. The first-order chi connectivity index (χ1) is 6.29. The van der Waals surface area contributed by atoms with Crippen molar-refractivity contribution in [1.29, 1.82) is 0 Å². The molecular formula is C10H13NOS. The van der Waals surface area contributed by atoms with Gasteiger partial charge in [-0.1, -0.05) is 17.8 Å². The molecule has 1 unspecified atom stereocenters. The lowest BCUT2D eigenvalue weighted by Crippen LogP contribution is -2.02. The topological polar surface area (TPSA) is 21.3 Å². The molecule has 0 fully saturated rings. The molecule has 1 N–H and O–H groups in total. The zero-order chi connectivity index (χ0) is 9.26. The van der Waals surface area contributed by atoms with Crippen molar-refractivity contribution < 1.29 is 4.74 Å². The second-order valence-corrected chi connectivity index (χ2v) is 4.55. The van der Waals surface area contributed by atoms with E-state index in [-0.39, 0.29) is 0 Å². The first kappa shape index (κ1) is 8.91. The Bertz CT molecular complexity index is 314. The maximum absolute atomic E-state index is 5.08. The highest BCUT2D eigenvalue weighted by Gasteiger charge is 2.16. The lowest BCUT2D eigenvalue weighted by molar-refractivity contribution is 0.185. The van der Waals surface area contributed by atoms with Crippen LogP contribution in [0, 0.1) is 0 Å². The van der Waals surface area contributed by atoms with Gasteiger partial charge < -0.3 is 10.1 Å². The molecular weight excluding hydrogens is 182 g/mol. The summed E-state index contributed by atoms with van der Waals surface area (Å²) < 4.78 is 5.08. The zero-order valence-electron chi connectivity index (χ0n) is 7.83. The van der Waals surface area contributed by atoms with Crippen molar-refractivity contribution in [2.45, 2.75) is 23.8 Å². The second-order valence-electron chi connectivity index (χ2n) is 3.17. The Morgan fingerprint density at radius 1 is 1.54 bits per heavy atom. The van der Waals surface area contributed by atoms with Gasteiger partial charge in [-0.25, -0.2) is 0 Å². The molecule has 2 rings (SSSR count). The van der Waals surface area contributed by atoms with Gasteiger partial charge in [0.15, 0.2) is 0 Å². The highest BCUT2D eigenvalue weighted by Crippen LogP contribution is 2.38. The van der Waals surface area contributed by atoms with Crippen molar-refractivity contribution >= 4 is 17.4 Å². The van der Waals surface area contributed by atoms with Gasteiger partial charge in [0.25, 0.3) is 0 Å². The van der Waals surface area contributed by atoms with Crippen LogP contribution in [0.3, 0.4) is 0 Å². The average molecular weight is 195 g/mol. The van der Waals surface area contributed by atoms with Crippen molar-refractivity contribution in [3.05, 3.63) is 23.8 Å². The minimum Gasteiger partial charge on any atom is -0.380 e. The van der Waals surface area contributed by atoms with Crippen LogP contribution in [0.4, 0.5) is 5.69 Å². The Balaban J connectivity index is 2.24. The number of benzene rings is 1. The molecule has 0 amide bonds. The molecule has 2 nitrogen and oxygen atoms in total. The Labute approximate surface area is 82.7 Å². The van der Waals surface area contributed by atoms with E-state index in [9.17, 15) is 0 Å². The number of anilines is 1. The summed E-state index contributed by atoms with van der Waals surface area (Å²) in [6.45, 7) is 2.86. The Morgan fingerprint density at radius 2 is 2.38 bits per heavy atom. The molecule has 1 aliphatic heterocycles. The minimum atomic E-state index is 0.493. The van der Waals surface area contributed by atoms with E-state index in [4.69, 9.17) is 4.74 Å². The average Bonchev–Trinajstić information content (AvgIpc) is 2.44. The first-order valence-electron chi connectivity index (χ1n) is 4.34. The van der Waals surface area contributed by atoms with Crippen LogP contribution in [0.2, 0.25) is 0 Å². The molecule has 0 aromatic heterocycles. The fourth-order valence-electron chi connectivity index (χ4n) is 1.49. The lowest BCUT2D eigenvalue weighted by atomic mass is 10.2. The molecule has 0 saturated heterocycles. The number of ether oxygens (including phenoxy) is 1. The Morgan fingerprint density at radius 3 is 3.15 bits per heavy atom. The number of rotatable bonds is 2. The Kier molecular flexibility index (Phi) is 2.47. The SMILES string of the molecule is COCc1ccc2c(c1)NC(C)S2. The molecule has 1 aromatic rings. The van der Waals surface area contributed by atoms with Crippen LogP contribution < -0.4 is 5.32 Å². The van der Waals surface area contributed by atoms with Gasteiger partial charge in [-0.15, -0.1) is 0 Å². The lowest BCUT2D eigenvalue weighted by Gasteiger charge is -2.03. The molecule has 3 heteroatoms. The summed E-state index contributed by atoms with van der Waals surface area (Å²) >= 11 is 1.87. The van der Waals surface area contributed by atoms with Gasteiger partial charge in [0.2, 0.25) is 0 Å². The molecule has 0 bridgehead atoms. The molecule has 0 spiro atoms. The fraction of sp³-hybridized carbons (Fsp3) is 0.400. The van der Waals surface area contributed by atoms with Crippen molar-refractivity contribution in [3.63, 3.8) is 0 Å². The van der Waals surface area contributed by atoms with Crippen LogP contribution >= 0.6 is 11.8 Å². The van der Waals surface area contributed by atoms with Crippen LogP contribution in [0.25, 0.3) is 0 Å². The normalized spacial score (nSPS) is 19.7. The van der Waals surface area contributed by atoms with E-state index >= 15 is 0 Å². The predicted octanol–water partition coefficient (Wildman–Crippen LogP) is 2.70. The summed E-state index contributed by atoms with van der Waals surface area (Å²) in [6.07, 6.45) is 0. The largest absolute Gasteiger partial charge is 0.380 e. The minimum absolute atomic E-state index is 0.493. The van der Waals surface area contributed by atoms with Crippen LogP contribution in [0.5, 0.6) is 0 Å². The van der Waals surface area contributed by atoms with Crippen LogP contribution in [0.1, 0.15) is 12.5 Å². The second kappa shape index (κ2) is 3.60. The van der Waals surface area contributed by atoms with Crippen molar-refractivity contribution in [1.82, 2.24) is 0 Å². The van der Waals surface area contributed by atoms with Gasteiger partial charge in [-0.05, 0) is 24.6 Å². The number of nitrogens with one attached hydrogen (secondary N) is 1. The smallest absolute Gasteiger partial charge is 0.0741 e. The molecule has 0 saturated carbocycles. The van der Waals surface area contributed by atoms with E-state index in [1.807, 2.05) is 11.8 Å². The summed E-state index contributed by atoms with van der Waals surface area (Å²) in [4.78, 5) is 1.34. The summed E-state index contributed by atoms with van der Waals surface area (Å²) in [7, 11) is 1.72. The molecule has 1 aliphatic rings. The van der Waals surface area contributed by atoms with E-state index in [0.717, 1.165) is 0 Å². The molecule has 1 atom stereocenters. The molecule has 13 heavy (non-hydrogen) atoms. The number of thioether (sulfide) groups is 1. The molecule has 1 aromatic carbocycles. The third kappa shape index (κ3) is 1.81. The van der Waals surface area contributed by atoms with Crippen LogP contribution in [-0.4, -0.2) is 12.5 Å². The summed E-state index contributed by atoms with van der Waals surface area (Å²) in [5, 5.41) is 3.90. The molecule has 70 valence electrons. The highest BCUT2D eigenvalue weighted by atomic mass is 32.2. The van der Waals surface area contributed by atoms with Gasteiger partial charge in [0.1, 0.15) is 0 Å². The third-order valence-corrected chi connectivity index (χ3v) is 3.10. The van der Waals surface area contributed by atoms with Gasteiger partial charge in [-0.2, -0.15) is 0 Å². The van der Waals surface area contributed by atoms with E-state index < -0.39 is 0 Å². The Hall–Kier alpha value is -0.670. The maximum Gasteiger partial charge on any atom is 0.0741 e. The predicted molar refractivity (Wildman–Crippen MR) is 56.1 cm³/mol. The summed E-state index contributed by atoms with van der Waals surface area (Å²) in [5.74, 6) is 0. The van der Waals surface area contributed by atoms with Gasteiger partial charge in [-0.3, -0.25) is 0 Å². The van der Waals surface area contributed by atoms with Gasteiger partial charge in [0.05, 0.1) is 12.0 Å². The summed E-state index contributed by atoms with van der Waals surface area (Å²) in [6, 6.07) is 6.44. The van der Waals surface area contributed by atoms with E-state index in [1.54, 1.807) is 7.11 Å². The van der Waals surface area contributed by atoms with Gasteiger partial charge >= 0.3 is 0 Å². The van der Waals surface area contributed by atoms with E-state index in [2.05, 4.69) is 30.4 Å². The monoisotopic (exact) mass is 195 g/mol. The van der Waals surface area contributed by atoms with E-state index in [0.29, 0.717) is 12.0 Å². The summed E-state index contributed by atoms with van der Waals surface area (Å²) in [5.41, 5.74) is 2.47. The highest BCUT2D eigenvalue weighted by molar-refractivity contribution is 8.00. The fourth-order valence-corrected chi connectivity index (χ4v) is 2.45. The van der Waals surface area contributed by atoms with Crippen molar-refractivity contribution in [2.75, 3.05) is 12.4 Å². The zero-order valence-corrected chi connectivity index (χ0v) is 8.65. The van der Waals surface area contributed by atoms with Crippen LogP contribution in [0.15, 0.2) is 23.1 Å². The number of fused-ring (bicyclic) bond motifs is 1. The van der Waals surface area contributed by atoms with Crippen molar-refractivity contribution in [3.8, 4) is 0 Å². The quantitative estimate of drug-likeness (QED) is 0.784. The molecule has 0 radical (unpaired) electrons. The standard InChI is InChI=1S/C10H13NOS/c1-7-11-9-5-8(6-12-2)3-4-10(9)13-7/h3-5,7,11H,6H2,1-2H3. The number of methoxy groups -OCH3 is 1. The van der Waals surface area contributed by atoms with Crippen LogP contribution in [-0.2, 0) is 11.3 Å². The number of hydrogen-bond acceptors (Lipinski definition) is 3. The van der Waals surface area contributed by atoms with Crippen molar-refractivity contribution in [2.24, 2.45) is 0 Å². The molecule has 1 heterocycles. The maximum atomic E-state index is 5.08. The third-order valence-electron chi connectivity index (χ3n) is 2.02. The van der Waals surface area contributed by atoms with E-state index in [1.165, 1.54) is 16.1 Å².